The third-order valence-electron chi connectivity index (χ3n) is 3.89. The molecule has 120 valence electrons. The first kappa shape index (κ1) is 16.2. The number of nitrogens with zero attached hydrogens (tertiary/aromatic N) is 2. The molecule has 1 N–H and O–H groups in total. The molecule has 23 heavy (non-hydrogen) atoms. The largest absolute Gasteiger partial charge is 0.366 e. The molecule has 0 unspecified atom stereocenters. The molecule has 2 heterocycles. The van der Waals surface area contributed by atoms with Gasteiger partial charge in [-0.1, -0.05) is 35.3 Å². The first-order valence-corrected chi connectivity index (χ1v) is 8.20. The van der Waals surface area contributed by atoms with E-state index in [0.29, 0.717) is 11.6 Å². The van der Waals surface area contributed by atoms with Crippen molar-refractivity contribution in [3.63, 3.8) is 0 Å². The molecule has 0 spiro atoms. The predicted octanol–water partition coefficient (Wildman–Crippen LogP) is 3.63. The van der Waals surface area contributed by atoms with Gasteiger partial charge in [0.1, 0.15) is 12.1 Å². The highest BCUT2D eigenvalue weighted by molar-refractivity contribution is 6.31. The molecule has 0 radical (unpaired) electrons. The number of nitrogens with one attached hydrogen (secondary N) is 1. The number of likely N-dealkylation sites (tertiary alicyclic amines) is 1. The maximum Gasteiger partial charge on any atom is 0.126 e. The van der Waals surface area contributed by atoms with E-state index in [1.807, 2.05) is 30.3 Å². The van der Waals surface area contributed by atoms with Gasteiger partial charge in [-0.25, -0.2) is 4.98 Å². The number of aldehydes is 1. The third-order valence-corrected chi connectivity index (χ3v) is 4.49. The van der Waals surface area contributed by atoms with Crippen molar-refractivity contribution in [1.82, 2.24) is 9.88 Å². The van der Waals surface area contributed by atoms with Gasteiger partial charge >= 0.3 is 0 Å². The van der Waals surface area contributed by atoms with Crippen molar-refractivity contribution < 1.29 is 4.79 Å². The summed E-state index contributed by atoms with van der Waals surface area (Å²) in [6.07, 6.45) is 2.68. The first-order chi connectivity index (χ1) is 11.1. The zero-order valence-corrected chi connectivity index (χ0v) is 14.0. The smallest absolute Gasteiger partial charge is 0.126 e. The summed E-state index contributed by atoms with van der Waals surface area (Å²) in [5.41, 5.74) is 2.15. The summed E-state index contributed by atoms with van der Waals surface area (Å²) in [5.74, 6) is 0.949. The predicted molar refractivity (Wildman–Crippen MR) is 92.9 cm³/mol. The highest BCUT2D eigenvalue weighted by Crippen LogP contribution is 2.24. The van der Waals surface area contributed by atoms with E-state index in [2.05, 4.69) is 15.2 Å². The maximum absolute atomic E-state index is 10.7. The van der Waals surface area contributed by atoms with Crippen molar-refractivity contribution >= 4 is 35.3 Å². The minimum absolute atomic E-state index is 0.165. The van der Waals surface area contributed by atoms with Gasteiger partial charge in [-0.05, 0) is 29.3 Å². The highest BCUT2D eigenvalue weighted by Gasteiger charge is 2.26. The fraction of sp³-hybridized carbons (Fsp3) is 0.294. The van der Waals surface area contributed by atoms with E-state index >= 15 is 0 Å². The van der Waals surface area contributed by atoms with Crippen molar-refractivity contribution in [3.05, 3.63) is 57.7 Å². The van der Waals surface area contributed by atoms with Crippen molar-refractivity contribution in [3.8, 4) is 0 Å². The standard InChI is InChI=1S/C17H17Cl2N3O/c18-15-3-1-12(2-4-15)6-20-17-5-14(16(19)7-21-17)10-22-8-13(9-22)11-23/h1-5,7,11,13H,6,8-10H2,(H,20,21). The second-order valence-electron chi connectivity index (χ2n) is 5.73. The molecule has 6 heteroatoms. The fourth-order valence-electron chi connectivity index (χ4n) is 2.56. The average molecular weight is 350 g/mol. The Hall–Kier alpha value is -1.62. The maximum atomic E-state index is 10.7. The van der Waals surface area contributed by atoms with Gasteiger partial charge in [0.15, 0.2) is 0 Å². The Morgan fingerprint density at radius 2 is 2.00 bits per heavy atom. The molecule has 0 bridgehead atoms. The molecule has 1 aromatic heterocycles. The average Bonchev–Trinajstić information content (AvgIpc) is 2.52. The molecular weight excluding hydrogens is 333 g/mol. The van der Waals surface area contributed by atoms with Gasteiger partial charge in [-0.2, -0.15) is 0 Å². The van der Waals surface area contributed by atoms with Crippen LogP contribution >= 0.6 is 23.2 Å². The van der Waals surface area contributed by atoms with Gasteiger partial charge in [0.2, 0.25) is 0 Å². The van der Waals surface area contributed by atoms with E-state index in [-0.39, 0.29) is 5.92 Å². The lowest BCUT2D eigenvalue weighted by Gasteiger charge is -2.36. The number of hydrogen-bond acceptors (Lipinski definition) is 4. The Bertz CT molecular complexity index is 685. The van der Waals surface area contributed by atoms with Crippen LogP contribution in [0.2, 0.25) is 10.0 Å². The van der Waals surface area contributed by atoms with Crippen LogP contribution in [0.4, 0.5) is 5.82 Å². The molecule has 1 aromatic carbocycles. The Morgan fingerprint density at radius 1 is 1.26 bits per heavy atom. The van der Waals surface area contributed by atoms with E-state index < -0.39 is 0 Å². The van der Waals surface area contributed by atoms with Crippen molar-refractivity contribution in [2.45, 2.75) is 13.1 Å². The molecule has 0 saturated carbocycles. The van der Waals surface area contributed by atoms with Crippen LogP contribution in [-0.4, -0.2) is 29.3 Å². The number of pyridine rings is 1. The Kier molecular flexibility index (Phi) is 5.16. The van der Waals surface area contributed by atoms with Crippen LogP contribution in [0.5, 0.6) is 0 Å². The molecular formula is C17H17Cl2N3O. The van der Waals surface area contributed by atoms with Crippen molar-refractivity contribution in [2.75, 3.05) is 18.4 Å². The molecule has 0 amide bonds. The Morgan fingerprint density at radius 3 is 2.70 bits per heavy atom. The topological polar surface area (TPSA) is 45.2 Å². The first-order valence-electron chi connectivity index (χ1n) is 7.44. The SMILES string of the molecule is O=CC1CN(Cc2cc(NCc3ccc(Cl)cc3)ncc2Cl)C1. The molecule has 0 aliphatic carbocycles. The van der Waals surface area contributed by atoms with E-state index in [4.69, 9.17) is 23.2 Å². The number of carbonyl (C=O) groups excluding carboxylic acids is 1. The van der Waals surface area contributed by atoms with Crippen LogP contribution in [0.1, 0.15) is 11.1 Å². The van der Waals surface area contributed by atoms with Crippen LogP contribution in [0, 0.1) is 5.92 Å². The lowest BCUT2D eigenvalue weighted by Crippen LogP contribution is -2.46. The van der Waals surface area contributed by atoms with Gasteiger partial charge in [-0.3, -0.25) is 4.90 Å². The molecule has 1 fully saturated rings. The number of carbonyl (C=O) groups is 1. The molecule has 4 nitrogen and oxygen atoms in total. The summed E-state index contributed by atoms with van der Waals surface area (Å²) in [7, 11) is 0. The van der Waals surface area contributed by atoms with Crippen molar-refractivity contribution in [2.24, 2.45) is 5.92 Å². The summed E-state index contributed by atoms with van der Waals surface area (Å²) in [5, 5.41) is 4.67. The summed E-state index contributed by atoms with van der Waals surface area (Å²) in [6, 6.07) is 9.66. The van der Waals surface area contributed by atoms with Crippen LogP contribution in [0.3, 0.4) is 0 Å². The monoisotopic (exact) mass is 349 g/mol. The quantitative estimate of drug-likeness (QED) is 0.808. The van der Waals surface area contributed by atoms with E-state index in [9.17, 15) is 4.79 Å². The van der Waals surface area contributed by atoms with E-state index in [1.165, 1.54) is 0 Å². The van der Waals surface area contributed by atoms with E-state index in [0.717, 1.165) is 47.9 Å². The number of benzene rings is 1. The van der Waals surface area contributed by atoms with Gasteiger partial charge in [0, 0.05) is 43.3 Å². The van der Waals surface area contributed by atoms with Gasteiger partial charge in [0.05, 0.1) is 5.02 Å². The van der Waals surface area contributed by atoms with Crippen LogP contribution in [0.15, 0.2) is 36.5 Å². The molecule has 0 atom stereocenters. The zero-order chi connectivity index (χ0) is 16.2. The number of anilines is 1. The lowest BCUT2D eigenvalue weighted by atomic mass is 10.0. The summed E-state index contributed by atoms with van der Waals surface area (Å²) in [4.78, 5) is 17.2. The van der Waals surface area contributed by atoms with Crippen LogP contribution in [-0.2, 0) is 17.9 Å². The molecule has 3 rings (SSSR count). The van der Waals surface area contributed by atoms with Gasteiger partial charge in [0.25, 0.3) is 0 Å². The second kappa shape index (κ2) is 7.30. The zero-order valence-electron chi connectivity index (χ0n) is 12.5. The van der Waals surface area contributed by atoms with Gasteiger partial charge < -0.3 is 10.1 Å². The fourth-order valence-corrected chi connectivity index (χ4v) is 2.85. The van der Waals surface area contributed by atoms with Crippen LogP contribution < -0.4 is 5.32 Å². The number of hydrogen-bond donors (Lipinski definition) is 1. The Balaban J connectivity index is 1.60. The second-order valence-corrected chi connectivity index (χ2v) is 6.57. The number of rotatable bonds is 6. The van der Waals surface area contributed by atoms with Crippen molar-refractivity contribution in [1.29, 1.82) is 0 Å². The molecule has 1 aliphatic heterocycles. The third kappa shape index (κ3) is 4.22. The van der Waals surface area contributed by atoms with E-state index in [1.54, 1.807) is 6.20 Å². The normalized spacial score (nSPS) is 15.2. The summed E-state index contributed by atoms with van der Waals surface area (Å²) >= 11 is 12.1. The lowest BCUT2D eigenvalue weighted by molar-refractivity contribution is -0.115. The molecule has 1 aliphatic rings. The highest BCUT2D eigenvalue weighted by atomic mass is 35.5. The summed E-state index contributed by atoms with van der Waals surface area (Å²) < 4.78 is 0. The van der Waals surface area contributed by atoms with Crippen LogP contribution in [0.25, 0.3) is 0 Å². The van der Waals surface area contributed by atoms with Gasteiger partial charge in [-0.15, -0.1) is 0 Å². The minimum atomic E-state index is 0.165. The number of aromatic nitrogens is 1. The number of halogens is 2. The Labute approximate surface area is 145 Å². The molecule has 2 aromatic rings. The minimum Gasteiger partial charge on any atom is -0.366 e. The molecule has 1 saturated heterocycles. The summed E-state index contributed by atoms with van der Waals surface area (Å²) in [6.45, 7) is 3.01.